The Morgan fingerprint density at radius 3 is 2.26 bits per heavy atom. The number of aliphatic carboxylic acids is 1. The number of carboxylic acid groups (broad SMARTS) is 1. The van der Waals surface area contributed by atoms with Gasteiger partial charge in [-0.05, 0) is 26.3 Å². The largest absolute Gasteiger partial charge is 0.480 e. The number of urea groups is 1. The van der Waals surface area contributed by atoms with E-state index in [1.54, 1.807) is 4.90 Å². The van der Waals surface area contributed by atoms with Gasteiger partial charge >= 0.3 is 12.0 Å². The summed E-state index contributed by atoms with van der Waals surface area (Å²) in [5, 5.41) is 11.3. The van der Waals surface area contributed by atoms with E-state index in [0.717, 1.165) is 5.56 Å². The molecule has 2 N–H and O–H groups in total. The normalized spacial score (nSPS) is 12.0. The molecule has 1 rings (SSSR count). The lowest BCUT2D eigenvalue weighted by atomic mass is 10.2. The van der Waals surface area contributed by atoms with Crippen molar-refractivity contribution in [1.82, 2.24) is 10.2 Å². The summed E-state index contributed by atoms with van der Waals surface area (Å²) in [7, 11) is 0. The maximum absolute atomic E-state index is 12.1. The standard InChI is InChI=1S/C14H20N2O3/c1-10(2)16(9-12-7-5-4-6-8-12)14(19)15-11(3)13(17)18/h4-8,10-11H,9H2,1-3H3,(H,15,19)(H,17,18)/t11-/m0/s1. The fourth-order valence-corrected chi connectivity index (χ4v) is 1.60. The average molecular weight is 264 g/mol. The van der Waals surface area contributed by atoms with Crippen molar-refractivity contribution in [2.45, 2.75) is 39.4 Å². The quantitative estimate of drug-likeness (QED) is 0.855. The van der Waals surface area contributed by atoms with Crippen molar-refractivity contribution in [3.8, 4) is 0 Å². The Morgan fingerprint density at radius 1 is 1.21 bits per heavy atom. The molecule has 0 aliphatic rings. The maximum atomic E-state index is 12.1. The molecule has 1 atom stereocenters. The van der Waals surface area contributed by atoms with E-state index in [1.165, 1.54) is 6.92 Å². The average Bonchev–Trinajstić information content (AvgIpc) is 2.36. The molecule has 0 saturated carbocycles. The van der Waals surface area contributed by atoms with Crippen molar-refractivity contribution >= 4 is 12.0 Å². The van der Waals surface area contributed by atoms with E-state index in [9.17, 15) is 9.59 Å². The summed E-state index contributed by atoms with van der Waals surface area (Å²) in [4.78, 5) is 24.4. The van der Waals surface area contributed by atoms with Gasteiger partial charge < -0.3 is 15.3 Å². The molecule has 1 aromatic rings. The van der Waals surface area contributed by atoms with Gasteiger partial charge in [-0.3, -0.25) is 4.79 Å². The highest BCUT2D eigenvalue weighted by Gasteiger charge is 2.21. The van der Waals surface area contributed by atoms with Crippen LogP contribution in [0, 0.1) is 0 Å². The predicted molar refractivity (Wildman–Crippen MR) is 72.8 cm³/mol. The predicted octanol–water partition coefficient (Wildman–Crippen LogP) is 2.08. The zero-order valence-electron chi connectivity index (χ0n) is 11.5. The van der Waals surface area contributed by atoms with E-state index in [1.807, 2.05) is 44.2 Å². The molecule has 0 radical (unpaired) electrons. The van der Waals surface area contributed by atoms with Crippen LogP contribution in [0.4, 0.5) is 4.79 Å². The molecular formula is C14H20N2O3. The third-order valence-corrected chi connectivity index (χ3v) is 2.79. The van der Waals surface area contributed by atoms with Crippen molar-refractivity contribution in [2.24, 2.45) is 0 Å². The summed E-state index contributed by atoms with van der Waals surface area (Å²) in [5.41, 5.74) is 1.01. The molecular weight excluding hydrogens is 244 g/mol. The monoisotopic (exact) mass is 264 g/mol. The Morgan fingerprint density at radius 2 is 1.79 bits per heavy atom. The summed E-state index contributed by atoms with van der Waals surface area (Å²) in [6.07, 6.45) is 0. The van der Waals surface area contributed by atoms with Crippen molar-refractivity contribution in [2.75, 3.05) is 0 Å². The molecule has 0 aliphatic carbocycles. The number of hydrogen-bond acceptors (Lipinski definition) is 2. The van der Waals surface area contributed by atoms with E-state index in [2.05, 4.69) is 5.32 Å². The van der Waals surface area contributed by atoms with Gasteiger partial charge in [0, 0.05) is 12.6 Å². The first-order valence-electron chi connectivity index (χ1n) is 6.25. The summed E-state index contributed by atoms with van der Waals surface area (Å²) in [6, 6.07) is 8.32. The fourth-order valence-electron chi connectivity index (χ4n) is 1.60. The zero-order valence-corrected chi connectivity index (χ0v) is 11.5. The van der Waals surface area contributed by atoms with Crippen LogP contribution >= 0.6 is 0 Å². The van der Waals surface area contributed by atoms with Crippen LogP contribution in [0.5, 0.6) is 0 Å². The molecule has 0 bridgehead atoms. The number of carbonyl (C=O) groups excluding carboxylic acids is 1. The Hall–Kier alpha value is -2.04. The molecule has 0 spiro atoms. The maximum Gasteiger partial charge on any atom is 0.325 e. The van der Waals surface area contributed by atoms with Gasteiger partial charge in [0.1, 0.15) is 6.04 Å². The Kier molecular flexibility index (Phi) is 5.36. The number of nitrogens with one attached hydrogen (secondary N) is 1. The third kappa shape index (κ3) is 4.62. The third-order valence-electron chi connectivity index (χ3n) is 2.79. The number of nitrogens with zero attached hydrogens (tertiary/aromatic N) is 1. The first kappa shape index (κ1) is 15.0. The summed E-state index contributed by atoms with van der Waals surface area (Å²) in [5.74, 6) is -1.04. The highest BCUT2D eigenvalue weighted by Crippen LogP contribution is 2.08. The lowest BCUT2D eigenvalue weighted by Crippen LogP contribution is -2.48. The zero-order chi connectivity index (χ0) is 14.4. The van der Waals surface area contributed by atoms with Crippen LogP contribution in [0.15, 0.2) is 30.3 Å². The second-order valence-electron chi connectivity index (χ2n) is 4.72. The first-order valence-corrected chi connectivity index (χ1v) is 6.25. The topological polar surface area (TPSA) is 69.6 Å². The highest BCUT2D eigenvalue weighted by molar-refractivity contribution is 5.82. The first-order chi connectivity index (χ1) is 8.91. The van der Waals surface area contributed by atoms with E-state index in [0.29, 0.717) is 6.54 Å². The summed E-state index contributed by atoms with van der Waals surface area (Å²) < 4.78 is 0. The molecule has 104 valence electrons. The minimum atomic E-state index is -1.04. The van der Waals surface area contributed by atoms with E-state index in [-0.39, 0.29) is 12.1 Å². The van der Waals surface area contributed by atoms with Gasteiger partial charge in [0.2, 0.25) is 0 Å². The number of benzene rings is 1. The van der Waals surface area contributed by atoms with Crippen molar-refractivity contribution in [3.63, 3.8) is 0 Å². The van der Waals surface area contributed by atoms with Crippen molar-refractivity contribution in [1.29, 1.82) is 0 Å². The molecule has 0 saturated heterocycles. The molecule has 2 amide bonds. The van der Waals surface area contributed by atoms with Crippen molar-refractivity contribution < 1.29 is 14.7 Å². The Labute approximate surface area is 113 Å². The van der Waals surface area contributed by atoms with Crippen LogP contribution in [0.25, 0.3) is 0 Å². The Balaban J connectivity index is 2.72. The minimum absolute atomic E-state index is 0.0128. The molecule has 0 fully saturated rings. The van der Waals surface area contributed by atoms with Crippen LogP contribution in [-0.2, 0) is 11.3 Å². The van der Waals surface area contributed by atoms with Crippen molar-refractivity contribution in [3.05, 3.63) is 35.9 Å². The van der Waals surface area contributed by atoms with Gasteiger partial charge in [-0.1, -0.05) is 30.3 Å². The van der Waals surface area contributed by atoms with Crippen LogP contribution < -0.4 is 5.32 Å². The van der Waals surface area contributed by atoms with Gasteiger partial charge in [0.05, 0.1) is 0 Å². The van der Waals surface area contributed by atoms with Gasteiger partial charge in [-0.2, -0.15) is 0 Å². The van der Waals surface area contributed by atoms with Gasteiger partial charge in [0.15, 0.2) is 0 Å². The van der Waals surface area contributed by atoms with Gasteiger partial charge in [0.25, 0.3) is 0 Å². The second-order valence-corrected chi connectivity index (χ2v) is 4.72. The molecule has 5 heteroatoms. The Bertz CT molecular complexity index is 432. The number of carboxylic acids is 1. The highest BCUT2D eigenvalue weighted by atomic mass is 16.4. The van der Waals surface area contributed by atoms with Gasteiger partial charge in [-0.15, -0.1) is 0 Å². The molecule has 0 unspecified atom stereocenters. The summed E-state index contributed by atoms with van der Waals surface area (Å²) >= 11 is 0. The summed E-state index contributed by atoms with van der Waals surface area (Å²) in [6.45, 7) is 5.69. The van der Waals surface area contributed by atoms with Crippen LogP contribution in [0.1, 0.15) is 26.3 Å². The smallest absolute Gasteiger partial charge is 0.325 e. The molecule has 5 nitrogen and oxygen atoms in total. The molecule has 19 heavy (non-hydrogen) atoms. The number of carbonyl (C=O) groups is 2. The van der Waals surface area contributed by atoms with Gasteiger partial charge in [-0.25, -0.2) is 4.79 Å². The molecule has 0 aromatic heterocycles. The fraction of sp³-hybridized carbons (Fsp3) is 0.429. The molecule has 0 heterocycles. The van der Waals surface area contributed by atoms with E-state index in [4.69, 9.17) is 5.11 Å². The van der Waals surface area contributed by atoms with Crippen LogP contribution in [0.2, 0.25) is 0 Å². The number of rotatable bonds is 5. The number of hydrogen-bond donors (Lipinski definition) is 2. The second kappa shape index (κ2) is 6.78. The van der Waals surface area contributed by atoms with E-state index >= 15 is 0 Å². The molecule has 1 aromatic carbocycles. The SMILES string of the molecule is CC(C)N(Cc1ccccc1)C(=O)N[C@@H](C)C(=O)O. The van der Waals surface area contributed by atoms with Crippen LogP contribution in [-0.4, -0.2) is 34.1 Å². The molecule has 0 aliphatic heterocycles. The van der Waals surface area contributed by atoms with E-state index < -0.39 is 12.0 Å². The van der Waals surface area contributed by atoms with Crippen LogP contribution in [0.3, 0.4) is 0 Å². The lowest BCUT2D eigenvalue weighted by Gasteiger charge is -2.28. The minimum Gasteiger partial charge on any atom is -0.480 e. The number of amides is 2. The lowest BCUT2D eigenvalue weighted by molar-refractivity contribution is -0.138.